The van der Waals surface area contributed by atoms with E-state index >= 15 is 0 Å². The molecule has 0 saturated heterocycles. The molecule has 0 bridgehead atoms. The first-order valence-corrected chi connectivity index (χ1v) is 12.5. The molecule has 2 aromatic rings. The number of ether oxygens (including phenoxy) is 2. The second-order valence-electron chi connectivity index (χ2n) is 10.1. The van der Waals surface area contributed by atoms with Crippen LogP contribution in [0.1, 0.15) is 51.8 Å². The number of aliphatic hydroxyl groups excluding tert-OH is 1. The zero-order valence-corrected chi connectivity index (χ0v) is 23.0. The Morgan fingerprint density at radius 2 is 1.76 bits per heavy atom. The SMILES string of the molecule is C=Cc1cccc(C(C(=O)Nc2ccc(OC)cc2)N(CCO)C(=O)C(NC(=O)OC(C)(C)C)C(C)C)c1. The number of aliphatic hydroxyl groups is 1. The van der Waals surface area contributed by atoms with Gasteiger partial charge in [0.15, 0.2) is 0 Å². The molecule has 0 saturated carbocycles. The highest BCUT2D eigenvalue weighted by Crippen LogP contribution is 2.27. The van der Waals surface area contributed by atoms with Gasteiger partial charge in [0.2, 0.25) is 5.91 Å². The lowest BCUT2D eigenvalue weighted by atomic mass is 9.97. The molecule has 0 aliphatic carbocycles. The van der Waals surface area contributed by atoms with Crippen molar-refractivity contribution in [3.8, 4) is 5.75 Å². The Morgan fingerprint density at radius 1 is 1.11 bits per heavy atom. The Labute approximate surface area is 224 Å². The molecule has 0 fully saturated rings. The number of hydrogen-bond acceptors (Lipinski definition) is 6. The van der Waals surface area contributed by atoms with E-state index in [0.717, 1.165) is 5.56 Å². The van der Waals surface area contributed by atoms with Crippen molar-refractivity contribution in [2.24, 2.45) is 5.92 Å². The van der Waals surface area contributed by atoms with Gasteiger partial charge in [-0.25, -0.2) is 4.79 Å². The zero-order valence-electron chi connectivity index (χ0n) is 23.0. The number of nitrogens with zero attached hydrogens (tertiary/aromatic N) is 1. The highest BCUT2D eigenvalue weighted by molar-refractivity contribution is 5.99. The molecule has 38 heavy (non-hydrogen) atoms. The molecule has 9 heteroatoms. The standard InChI is InChI=1S/C29H39N3O6/c1-8-20-10-9-11-21(18-20)25(26(34)30-22-12-14-23(37-7)15-13-22)32(16-17-33)27(35)24(19(2)3)31-28(36)38-29(4,5)6/h8-15,18-19,24-25,33H,1,16-17H2,2-7H3,(H,30,34)(H,31,36). The summed E-state index contributed by atoms with van der Waals surface area (Å²) in [6, 6.07) is 11.8. The summed E-state index contributed by atoms with van der Waals surface area (Å²) in [6.07, 6.45) is 0.891. The fourth-order valence-corrected chi connectivity index (χ4v) is 3.81. The molecule has 0 spiro atoms. The molecule has 0 aliphatic heterocycles. The van der Waals surface area contributed by atoms with Crippen molar-refractivity contribution >= 4 is 29.7 Å². The smallest absolute Gasteiger partial charge is 0.408 e. The minimum atomic E-state index is -1.11. The topological polar surface area (TPSA) is 117 Å². The Hall–Kier alpha value is -3.85. The monoisotopic (exact) mass is 525 g/mol. The molecule has 3 amide bonds. The van der Waals surface area contributed by atoms with Crippen LogP contribution in [0.15, 0.2) is 55.1 Å². The van der Waals surface area contributed by atoms with E-state index in [-0.39, 0.29) is 12.5 Å². The van der Waals surface area contributed by atoms with Crippen molar-refractivity contribution in [2.45, 2.75) is 52.3 Å². The number of carbonyl (C=O) groups is 3. The van der Waals surface area contributed by atoms with Gasteiger partial charge in [-0.15, -0.1) is 0 Å². The van der Waals surface area contributed by atoms with Gasteiger partial charge in [-0.2, -0.15) is 0 Å². The lowest BCUT2D eigenvalue weighted by Gasteiger charge is -2.35. The quantitative estimate of drug-likeness (QED) is 0.401. The molecule has 0 aromatic heterocycles. The van der Waals surface area contributed by atoms with Crippen molar-refractivity contribution in [1.29, 1.82) is 0 Å². The highest BCUT2D eigenvalue weighted by Gasteiger charge is 2.37. The van der Waals surface area contributed by atoms with Gasteiger partial charge in [0.25, 0.3) is 5.91 Å². The third-order valence-corrected chi connectivity index (χ3v) is 5.61. The molecule has 0 heterocycles. The maximum Gasteiger partial charge on any atom is 0.408 e. The Bertz CT molecular complexity index is 1110. The molecule has 0 aliphatic rings. The Morgan fingerprint density at radius 3 is 2.29 bits per heavy atom. The summed E-state index contributed by atoms with van der Waals surface area (Å²) in [5.74, 6) is -0.721. The van der Waals surface area contributed by atoms with Crippen LogP contribution >= 0.6 is 0 Å². The number of alkyl carbamates (subject to hydrolysis) is 1. The van der Waals surface area contributed by atoms with E-state index in [1.807, 2.05) is 6.07 Å². The summed E-state index contributed by atoms with van der Waals surface area (Å²) in [5, 5.41) is 15.4. The number of amides is 3. The second-order valence-corrected chi connectivity index (χ2v) is 10.1. The molecular formula is C29H39N3O6. The van der Waals surface area contributed by atoms with E-state index in [4.69, 9.17) is 9.47 Å². The number of benzene rings is 2. The minimum Gasteiger partial charge on any atom is -0.497 e. The molecular weight excluding hydrogens is 486 g/mol. The van der Waals surface area contributed by atoms with Crippen LogP contribution in [0, 0.1) is 5.92 Å². The van der Waals surface area contributed by atoms with Gasteiger partial charge < -0.3 is 30.1 Å². The molecule has 206 valence electrons. The van der Waals surface area contributed by atoms with Gasteiger partial charge in [0.1, 0.15) is 23.4 Å². The van der Waals surface area contributed by atoms with Gasteiger partial charge in [-0.3, -0.25) is 9.59 Å². The van der Waals surface area contributed by atoms with Crippen LogP contribution < -0.4 is 15.4 Å². The third kappa shape index (κ3) is 8.62. The summed E-state index contributed by atoms with van der Waals surface area (Å²) >= 11 is 0. The van der Waals surface area contributed by atoms with Crippen molar-refractivity contribution in [2.75, 3.05) is 25.6 Å². The molecule has 2 atom stereocenters. The lowest BCUT2D eigenvalue weighted by Crippen LogP contribution is -2.55. The summed E-state index contributed by atoms with van der Waals surface area (Å²) in [7, 11) is 1.55. The van der Waals surface area contributed by atoms with Crippen LogP contribution in [0.5, 0.6) is 5.75 Å². The van der Waals surface area contributed by atoms with Crippen molar-refractivity contribution in [3.63, 3.8) is 0 Å². The Kier molecular flexibility index (Phi) is 10.9. The maximum absolute atomic E-state index is 13.9. The number of nitrogens with one attached hydrogen (secondary N) is 2. The summed E-state index contributed by atoms with van der Waals surface area (Å²) in [6.45, 7) is 12.0. The van der Waals surface area contributed by atoms with E-state index in [2.05, 4.69) is 17.2 Å². The second kappa shape index (κ2) is 13.6. The van der Waals surface area contributed by atoms with E-state index in [1.54, 1.807) is 90.3 Å². The average molecular weight is 526 g/mol. The number of rotatable bonds is 11. The molecule has 3 N–H and O–H groups in total. The first kappa shape index (κ1) is 30.4. The van der Waals surface area contributed by atoms with Crippen molar-refractivity contribution in [1.82, 2.24) is 10.2 Å². The van der Waals surface area contributed by atoms with Crippen molar-refractivity contribution < 1.29 is 29.0 Å². The van der Waals surface area contributed by atoms with E-state index in [0.29, 0.717) is 17.0 Å². The van der Waals surface area contributed by atoms with Crippen LogP contribution in [0.2, 0.25) is 0 Å². The fourth-order valence-electron chi connectivity index (χ4n) is 3.81. The number of anilines is 1. The van der Waals surface area contributed by atoms with Crippen LogP contribution in [-0.2, 0) is 14.3 Å². The van der Waals surface area contributed by atoms with Crippen LogP contribution in [0.3, 0.4) is 0 Å². The van der Waals surface area contributed by atoms with Crippen LogP contribution in [-0.4, -0.2) is 59.8 Å². The van der Waals surface area contributed by atoms with Gasteiger partial charge in [0, 0.05) is 12.2 Å². The molecule has 2 unspecified atom stereocenters. The van der Waals surface area contributed by atoms with E-state index in [1.165, 1.54) is 4.90 Å². The average Bonchev–Trinajstić information content (AvgIpc) is 2.86. The van der Waals surface area contributed by atoms with Crippen LogP contribution in [0.4, 0.5) is 10.5 Å². The predicted molar refractivity (Wildman–Crippen MR) is 148 cm³/mol. The molecule has 0 radical (unpaired) electrons. The van der Waals surface area contributed by atoms with E-state index < -0.39 is 42.2 Å². The molecule has 9 nitrogen and oxygen atoms in total. The summed E-state index contributed by atoms with van der Waals surface area (Å²) in [4.78, 5) is 41.5. The van der Waals surface area contributed by atoms with Gasteiger partial charge in [-0.1, -0.05) is 44.7 Å². The largest absolute Gasteiger partial charge is 0.497 e. The van der Waals surface area contributed by atoms with Gasteiger partial charge in [-0.05, 0) is 68.1 Å². The fraction of sp³-hybridized carbons (Fsp3) is 0.414. The number of methoxy groups -OCH3 is 1. The zero-order chi connectivity index (χ0) is 28.5. The lowest BCUT2D eigenvalue weighted by molar-refractivity contribution is -0.142. The van der Waals surface area contributed by atoms with Crippen LogP contribution in [0.25, 0.3) is 6.08 Å². The highest BCUT2D eigenvalue weighted by atomic mass is 16.6. The number of hydrogen-bond donors (Lipinski definition) is 3. The maximum atomic E-state index is 13.9. The van der Waals surface area contributed by atoms with Gasteiger partial charge >= 0.3 is 6.09 Å². The third-order valence-electron chi connectivity index (χ3n) is 5.61. The first-order chi connectivity index (χ1) is 17.9. The minimum absolute atomic E-state index is 0.142. The van der Waals surface area contributed by atoms with Gasteiger partial charge in [0.05, 0.1) is 13.7 Å². The molecule has 2 aromatic carbocycles. The van der Waals surface area contributed by atoms with E-state index in [9.17, 15) is 19.5 Å². The Balaban J connectivity index is 2.50. The normalized spacial score (nSPS) is 12.7. The first-order valence-electron chi connectivity index (χ1n) is 12.5. The number of carbonyl (C=O) groups excluding carboxylic acids is 3. The summed E-state index contributed by atoms with van der Waals surface area (Å²) < 4.78 is 10.5. The molecule has 2 rings (SSSR count). The summed E-state index contributed by atoms with van der Waals surface area (Å²) in [5.41, 5.74) is 1.03. The predicted octanol–water partition coefficient (Wildman–Crippen LogP) is 4.39. The van der Waals surface area contributed by atoms with Crippen molar-refractivity contribution in [3.05, 3.63) is 66.2 Å².